The van der Waals surface area contributed by atoms with Gasteiger partial charge in [-0.15, -0.1) is 0 Å². The van der Waals surface area contributed by atoms with Gasteiger partial charge in [0.05, 0.1) is 34.9 Å². The van der Waals surface area contributed by atoms with Gasteiger partial charge in [-0.2, -0.15) is 5.10 Å². The van der Waals surface area contributed by atoms with Crippen molar-refractivity contribution in [3.8, 4) is 0 Å². The van der Waals surface area contributed by atoms with E-state index in [1.807, 2.05) is 0 Å². The van der Waals surface area contributed by atoms with Crippen molar-refractivity contribution in [2.75, 3.05) is 18.4 Å². The second kappa shape index (κ2) is 6.54. The molecule has 118 valence electrons. The van der Waals surface area contributed by atoms with Crippen molar-refractivity contribution >= 4 is 21.4 Å². The Bertz CT molecular complexity index is 754. The Morgan fingerprint density at radius 1 is 1.36 bits per heavy atom. The summed E-state index contributed by atoms with van der Waals surface area (Å²) in [4.78, 5) is 9.90. The van der Waals surface area contributed by atoms with Gasteiger partial charge in [-0.1, -0.05) is 0 Å². The standard InChI is InChI=1S/C12H14N4O5S/c1-21-7-6-15-9-10(8-13-15)14-22(19,20)12-4-2-11(3-5-12)16(17)18/h2-5,8-9,14H,6-7H2,1H3. The number of nitro benzene ring substituents is 1. The number of benzene rings is 1. The van der Waals surface area contributed by atoms with E-state index >= 15 is 0 Å². The molecule has 0 unspecified atom stereocenters. The molecule has 1 N–H and O–H groups in total. The molecule has 1 aromatic carbocycles. The number of hydrogen-bond donors (Lipinski definition) is 1. The molecule has 0 saturated carbocycles. The average molecular weight is 326 g/mol. The van der Waals surface area contributed by atoms with Crippen molar-refractivity contribution in [2.45, 2.75) is 11.4 Å². The van der Waals surface area contributed by atoms with Crippen LogP contribution in [-0.2, 0) is 21.3 Å². The first-order valence-corrected chi connectivity index (χ1v) is 7.69. The average Bonchev–Trinajstić information content (AvgIpc) is 2.92. The van der Waals surface area contributed by atoms with Gasteiger partial charge in [-0.3, -0.25) is 19.5 Å². The molecule has 0 atom stereocenters. The van der Waals surface area contributed by atoms with Crippen LogP contribution in [0, 0.1) is 10.1 Å². The highest BCUT2D eigenvalue weighted by molar-refractivity contribution is 7.92. The molecular formula is C12H14N4O5S. The van der Waals surface area contributed by atoms with E-state index in [2.05, 4.69) is 9.82 Å². The first-order valence-electron chi connectivity index (χ1n) is 6.21. The first kappa shape index (κ1) is 15.9. The molecule has 0 radical (unpaired) electrons. The summed E-state index contributed by atoms with van der Waals surface area (Å²) in [6, 6.07) is 4.62. The number of rotatable bonds is 7. The zero-order chi connectivity index (χ0) is 16.2. The van der Waals surface area contributed by atoms with E-state index in [1.165, 1.54) is 29.2 Å². The molecule has 2 rings (SSSR count). The Labute approximate surface area is 126 Å². The zero-order valence-corrected chi connectivity index (χ0v) is 12.5. The summed E-state index contributed by atoms with van der Waals surface area (Å²) in [5.41, 5.74) is 0.126. The maximum Gasteiger partial charge on any atom is 0.269 e. The van der Waals surface area contributed by atoms with Crippen molar-refractivity contribution in [1.82, 2.24) is 9.78 Å². The van der Waals surface area contributed by atoms with Gasteiger partial charge in [0.1, 0.15) is 0 Å². The molecule has 0 saturated heterocycles. The summed E-state index contributed by atoms with van der Waals surface area (Å²) in [7, 11) is -2.26. The van der Waals surface area contributed by atoms with Crippen LogP contribution in [0.25, 0.3) is 0 Å². The third-order valence-electron chi connectivity index (χ3n) is 2.77. The van der Waals surface area contributed by atoms with Gasteiger partial charge in [0.15, 0.2) is 0 Å². The van der Waals surface area contributed by atoms with E-state index in [4.69, 9.17) is 4.74 Å². The number of sulfonamides is 1. The summed E-state index contributed by atoms with van der Waals surface area (Å²) in [6.45, 7) is 0.950. The number of methoxy groups -OCH3 is 1. The SMILES string of the molecule is COCCn1cc(NS(=O)(=O)c2ccc([N+](=O)[O-])cc2)cn1. The smallest absolute Gasteiger partial charge is 0.269 e. The molecule has 0 bridgehead atoms. The van der Waals surface area contributed by atoms with Crippen molar-refractivity contribution in [3.05, 3.63) is 46.8 Å². The van der Waals surface area contributed by atoms with Crippen molar-refractivity contribution in [1.29, 1.82) is 0 Å². The second-order valence-electron chi connectivity index (χ2n) is 4.34. The van der Waals surface area contributed by atoms with Gasteiger partial charge in [-0.25, -0.2) is 8.42 Å². The van der Waals surface area contributed by atoms with E-state index in [0.29, 0.717) is 18.8 Å². The van der Waals surface area contributed by atoms with Gasteiger partial charge >= 0.3 is 0 Å². The van der Waals surface area contributed by atoms with E-state index in [9.17, 15) is 18.5 Å². The van der Waals surface area contributed by atoms with Crippen molar-refractivity contribution < 1.29 is 18.1 Å². The Morgan fingerprint density at radius 2 is 2.05 bits per heavy atom. The van der Waals surface area contributed by atoms with Crippen LogP contribution < -0.4 is 4.72 Å². The molecule has 2 aromatic rings. The lowest BCUT2D eigenvalue weighted by atomic mass is 10.3. The third kappa shape index (κ3) is 3.80. The lowest BCUT2D eigenvalue weighted by Gasteiger charge is -2.05. The van der Waals surface area contributed by atoms with Crippen LogP contribution in [0.4, 0.5) is 11.4 Å². The number of ether oxygens (including phenoxy) is 1. The number of nitrogens with zero attached hydrogens (tertiary/aromatic N) is 3. The number of aromatic nitrogens is 2. The van der Waals surface area contributed by atoms with Gasteiger partial charge in [0, 0.05) is 25.4 Å². The highest BCUT2D eigenvalue weighted by Gasteiger charge is 2.16. The lowest BCUT2D eigenvalue weighted by molar-refractivity contribution is -0.384. The van der Waals surface area contributed by atoms with Crippen LogP contribution >= 0.6 is 0 Å². The van der Waals surface area contributed by atoms with Crippen LogP contribution in [0.15, 0.2) is 41.6 Å². The third-order valence-corrected chi connectivity index (χ3v) is 4.17. The van der Waals surface area contributed by atoms with Crippen molar-refractivity contribution in [3.63, 3.8) is 0 Å². The molecule has 1 heterocycles. The summed E-state index contributed by atoms with van der Waals surface area (Å²) in [5, 5.41) is 14.6. The molecule has 9 nitrogen and oxygen atoms in total. The van der Waals surface area contributed by atoms with Crippen LogP contribution in [0.5, 0.6) is 0 Å². The Kier molecular flexibility index (Phi) is 4.73. The van der Waals surface area contributed by atoms with Crippen molar-refractivity contribution in [2.24, 2.45) is 0 Å². The fourth-order valence-corrected chi connectivity index (χ4v) is 2.71. The van der Waals surface area contributed by atoms with E-state index in [-0.39, 0.29) is 10.6 Å². The summed E-state index contributed by atoms with van der Waals surface area (Å²) < 4.78 is 33.1. The van der Waals surface area contributed by atoms with E-state index in [0.717, 1.165) is 12.1 Å². The largest absolute Gasteiger partial charge is 0.383 e. The molecule has 1 aromatic heterocycles. The lowest BCUT2D eigenvalue weighted by Crippen LogP contribution is -2.12. The van der Waals surface area contributed by atoms with Gasteiger partial charge in [-0.05, 0) is 12.1 Å². The minimum Gasteiger partial charge on any atom is -0.383 e. The van der Waals surface area contributed by atoms with Crippen LogP contribution in [0.2, 0.25) is 0 Å². The molecule has 0 amide bonds. The van der Waals surface area contributed by atoms with Crippen LogP contribution in [0.1, 0.15) is 0 Å². The normalized spacial score (nSPS) is 11.3. The van der Waals surface area contributed by atoms with Crippen LogP contribution in [0.3, 0.4) is 0 Å². The zero-order valence-electron chi connectivity index (χ0n) is 11.7. The minimum atomic E-state index is -3.82. The first-order chi connectivity index (χ1) is 10.4. The van der Waals surface area contributed by atoms with Crippen LogP contribution in [-0.4, -0.2) is 36.8 Å². The number of nitro groups is 1. The van der Waals surface area contributed by atoms with Gasteiger partial charge < -0.3 is 4.74 Å². The molecule has 0 aliphatic heterocycles. The fourth-order valence-electron chi connectivity index (χ4n) is 1.68. The Balaban J connectivity index is 2.13. The monoisotopic (exact) mass is 326 g/mol. The quantitative estimate of drug-likeness (QED) is 0.604. The van der Waals surface area contributed by atoms with E-state index in [1.54, 1.807) is 7.11 Å². The predicted molar refractivity (Wildman–Crippen MR) is 78.0 cm³/mol. The summed E-state index contributed by atoms with van der Waals surface area (Å²) >= 11 is 0. The summed E-state index contributed by atoms with van der Waals surface area (Å²) in [5.74, 6) is 0. The number of nitrogens with one attached hydrogen (secondary N) is 1. The second-order valence-corrected chi connectivity index (χ2v) is 6.02. The van der Waals surface area contributed by atoms with E-state index < -0.39 is 14.9 Å². The molecule has 0 spiro atoms. The molecule has 0 aliphatic carbocycles. The summed E-state index contributed by atoms with van der Waals surface area (Å²) in [6.07, 6.45) is 2.90. The fraction of sp³-hybridized carbons (Fsp3) is 0.250. The topological polar surface area (TPSA) is 116 Å². The predicted octanol–water partition coefficient (Wildman–Crippen LogP) is 1.24. The minimum absolute atomic E-state index is 0.0669. The number of hydrogen-bond acceptors (Lipinski definition) is 6. The Morgan fingerprint density at radius 3 is 2.64 bits per heavy atom. The molecule has 0 fully saturated rings. The molecule has 10 heteroatoms. The van der Waals surface area contributed by atoms with Gasteiger partial charge in [0.2, 0.25) is 0 Å². The molecule has 0 aliphatic rings. The maximum atomic E-state index is 12.2. The number of anilines is 1. The Hall–Kier alpha value is -2.46. The number of non-ortho nitro benzene ring substituents is 1. The maximum absolute atomic E-state index is 12.2. The highest BCUT2D eigenvalue weighted by atomic mass is 32.2. The highest BCUT2D eigenvalue weighted by Crippen LogP contribution is 2.18. The van der Waals surface area contributed by atoms with Gasteiger partial charge in [0.25, 0.3) is 15.7 Å². The molecular weight excluding hydrogens is 312 g/mol. The molecule has 22 heavy (non-hydrogen) atoms.